The zero-order chi connectivity index (χ0) is 16.5. The van der Waals surface area contributed by atoms with Crippen molar-refractivity contribution in [3.63, 3.8) is 0 Å². The highest BCUT2D eigenvalue weighted by Crippen LogP contribution is 2.20. The van der Waals surface area contributed by atoms with Crippen LogP contribution in [0.3, 0.4) is 0 Å². The van der Waals surface area contributed by atoms with Crippen LogP contribution in [0.25, 0.3) is 0 Å². The zero-order valence-electron chi connectivity index (χ0n) is 11.3. The van der Waals surface area contributed by atoms with Crippen LogP contribution in [0, 0.1) is 18.6 Å². The van der Waals surface area contributed by atoms with Crippen molar-refractivity contribution in [3.8, 4) is 0 Å². The first-order valence-corrected chi connectivity index (χ1v) is 7.50. The summed E-state index contributed by atoms with van der Waals surface area (Å²) in [6.45, 7) is 1.52. The highest BCUT2D eigenvalue weighted by molar-refractivity contribution is 7.92. The normalized spacial score (nSPS) is 11.2. The van der Waals surface area contributed by atoms with E-state index in [9.17, 15) is 22.0 Å². The molecule has 0 aliphatic heterocycles. The third-order valence-electron chi connectivity index (χ3n) is 2.86. The van der Waals surface area contributed by atoms with Gasteiger partial charge in [-0.1, -0.05) is 6.07 Å². The van der Waals surface area contributed by atoms with Gasteiger partial charge < -0.3 is 5.11 Å². The molecular weight excluding hydrogens is 316 g/mol. The molecule has 0 fully saturated rings. The third kappa shape index (κ3) is 3.40. The molecule has 0 amide bonds. The fraction of sp³-hybridized carbons (Fsp3) is 0.0714. The molecule has 2 aromatic carbocycles. The summed E-state index contributed by atoms with van der Waals surface area (Å²) in [5.41, 5.74) is -0.0773. The molecule has 0 aliphatic rings. The van der Waals surface area contributed by atoms with E-state index in [2.05, 4.69) is 0 Å². The summed E-state index contributed by atoms with van der Waals surface area (Å²) < 4.78 is 52.5. The van der Waals surface area contributed by atoms with Crippen molar-refractivity contribution in [2.45, 2.75) is 11.8 Å². The average Bonchev–Trinajstić information content (AvgIpc) is 2.36. The number of rotatable bonds is 4. The lowest BCUT2D eigenvalue weighted by Crippen LogP contribution is -2.14. The number of hydrogen-bond donors (Lipinski definition) is 2. The molecule has 2 aromatic rings. The molecule has 2 N–H and O–H groups in total. The van der Waals surface area contributed by atoms with Crippen LogP contribution < -0.4 is 4.72 Å². The number of hydrogen-bond acceptors (Lipinski definition) is 3. The van der Waals surface area contributed by atoms with E-state index in [0.29, 0.717) is 11.6 Å². The van der Waals surface area contributed by atoms with E-state index in [1.54, 1.807) is 0 Å². The number of nitrogens with one attached hydrogen (secondary N) is 1. The van der Waals surface area contributed by atoms with Gasteiger partial charge in [0.25, 0.3) is 10.0 Å². The number of sulfonamides is 1. The summed E-state index contributed by atoms with van der Waals surface area (Å²) in [5.74, 6) is -3.15. The standard InChI is InChI=1S/C14H11F2NO4S/c1-8-2-3-12(7-13(8)14(18)19)22(20,21)17-11-5-9(15)4-10(16)6-11/h2-7,17H,1H3,(H,18,19). The summed E-state index contributed by atoms with van der Waals surface area (Å²) in [7, 11) is -4.17. The van der Waals surface area contributed by atoms with E-state index in [4.69, 9.17) is 5.11 Å². The minimum atomic E-state index is -4.17. The monoisotopic (exact) mass is 327 g/mol. The molecule has 0 bridgehead atoms. The van der Waals surface area contributed by atoms with Gasteiger partial charge in [-0.2, -0.15) is 0 Å². The first-order chi connectivity index (χ1) is 10.2. The maximum Gasteiger partial charge on any atom is 0.335 e. The van der Waals surface area contributed by atoms with E-state index in [0.717, 1.165) is 18.2 Å². The number of aromatic carboxylic acids is 1. The highest BCUT2D eigenvalue weighted by atomic mass is 32.2. The molecule has 8 heteroatoms. The molecule has 0 heterocycles. The molecule has 0 unspecified atom stereocenters. The number of carbonyl (C=O) groups is 1. The van der Waals surface area contributed by atoms with Crippen LogP contribution in [0.2, 0.25) is 0 Å². The summed E-state index contributed by atoms with van der Waals surface area (Å²) >= 11 is 0. The molecule has 0 spiro atoms. The predicted molar refractivity (Wildman–Crippen MR) is 75.3 cm³/mol. The molecule has 0 aliphatic carbocycles. The Morgan fingerprint density at radius 1 is 1.09 bits per heavy atom. The van der Waals surface area contributed by atoms with Crippen LogP contribution in [-0.4, -0.2) is 19.5 Å². The van der Waals surface area contributed by atoms with E-state index in [-0.39, 0.29) is 16.1 Å². The third-order valence-corrected chi connectivity index (χ3v) is 4.24. The van der Waals surface area contributed by atoms with Crippen LogP contribution in [0.5, 0.6) is 0 Å². The second-order valence-electron chi connectivity index (χ2n) is 4.55. The minimum Gasteiger partial charge on any atom is -0.478 e. The lowest BCUT2D eigenvalue weighted by Gasteiger charge is -2.10. The summed E-state index contributed by atoms with van der Waals surface area (Å²) in [4.78, 5) is 10.7. The van der Waals surface area contributed by atoms with Crippen molar-refractivity contribution in [1.82, 2.24) is 0 Å². The van der Waals surface area contributed by atoms with Gasteiger partial charge in [-0.15, -0.1) is 0 Å². The van der Waals surface area contributed by atoms with Crippen molar-refractivity contribution in [2.24, 2.45) is 0 Å². The van der Waals surface area contributed by atoms with E-state index in [1.807, 2.05) is 4.72 Å². The first kappa shape index (κ1) is 15.9. The van der Waals surface area contributed by atoms with Crippen LogP contribution in [0.1, 0.15) is 15.9 Å². The molecule has 2 rings (SSSR count). The van der Waals surface area contributed by atoms with Crippen molar-refractivity contribution in [2.75, 3.05) is 4.72 Å². The van der Waals surface area contributed by atoms with Crippen molar-refractivity contribution in [3.05, 3.63) is 59.2 Å². The SMILES string of the molecule is Cc1ccc(S(=O)(=O)Nc2cc(F)cc(F)c2)cc1C(=O)O. The van der Waals surface area contributed by atoms with Crippen LogP contribution in [0.4, 0.5) is 14.5 Å². The van der Waals surface area contributed by atoms with Gasteiger partial charge in [0.1, 0.15) is 11.6 Å². The van der Waals surface area contributed by atoms with Gasteiger partial charge in [0, 0.05) is 6.07 Å². The number of aryl methyl sites for hydroxylation is 1. The van der Waals surface area contributed by atoms with Gasteiger partial charge in [0.2, 0.25) is 0 Å². The first-order valence-electron chi connectivity index (χ1n) is 6.02. The Balaban J connectivity index is 2.42. The quantitative estimate of drug-likeness (QED) is 0.904. The Morgan fingerprint density at radius 2 is 1.68 bits per heavy atom. The van der Waals surface area contributed by atoms with Crippen molar-refractivity contribution >= 4 is 21.7 Å². The Hall–Kier alpha value is -2.48. The van der Waals surface area contributed by atoms with Crippen LogP contribution >= 0.6 is 0 Å². The second kappa shape index (κ2) is 5.72. The van der Waals surface area contributed by atoms with Gasteiger partial charge in [-0.25, -0.2) is 22.0 Å². The fourth-order valence-electron chi connectivity index (χ4n) is 1.83. The second-order valence-corrected chi connectivity index (χ2v) is 6.23. The topological polar surface area (TPSA) is 83.5 Å². The Morgan fingerprint density at radius 3 is 2.23 bits per heavy atom. The lowest BCUT2D eigenvalue weighted by atomic mass is 10.1. The molecule has 0 saturated carbocycles. The molecule has 0 atom stereocenters. The molecule has 0 aromatic heterocycles. The predicted octanol–water partition coefficient (Wildman–Crippen LogP) is 2.77. The van der Waals surface area contributed by atoms with Crippen LogP contribution in [-0.2, 0) is 10.0 Å². The minimum absolute atomic E-state index is 0.173. The maximum atomic E-state index is 13.1. The van der Waals surface area contributed by atoms with Gasteiger partial charge in [-0.05, 0) is 36.8 Å². The largest absolute Gasteiger partial charge is 0.478 e. The number of benzene rings is 2. The van der Waals surface area contributed by atoms with Crippen LogP contribution in [0.15, 0.2) is 41.3 Å². The smallest absolute Gasteiger partial charge is 0.335 e. The fourth-order valence-corrected chi connectivity index (χ4v) is 2.89. The Kier molecular flexibility index (Phi) is 4.14. The Labute approximate surface area is 125 Å². The Bertz CT molecular complexity index is 830. The number of carboxylic acids is 1. The number of carboxylic acid groups (broad SMARTS) is 1. The average molecular weight is 327 g/mol. The van der Waals surface area contributed by atoms with Gasteiger partial charge in [0.15, 0.2) is 0 Å². The van der Waals surface area contributed by atoms with Gasteiger partial charge in [-0.3, -0.25) is 4.72 Å². The van der Waals surface area contributed by atoms with E-state index >= 15 is 0 Å². The summed E-state index contributed by atoms with van der Waals surface area (Å²) in [5, 5.41) is 9.00. The molecule has 5 nitrogen and oxygen atoms in total. The van der Waals surface area contributed by atoms with Gasteiger partial charge in [0.05, 0.1) is 16.1 Å². The summed E-state index contributed by atoms with van der Waals surface area (Å²) in [6.07, 6.45) is 0. The molecule has 22 heavy (non-hydrogen) atoms. The summed E-state index contributed by atoms with van der Waals surface area (Å²) in [6, 6.07) is 5.76. The van der Waals surface area contributed by atoms with E-state index in [1.165, 1.54) is 19.1 Å². The molecule has 0 saturated heterocycles. The van der Waals surface area contributed by atoms with E-state index < -0.39 is 27.6 Å². The maximum absolute atomic E-state index is 13.1. The highest BCUT2D eigenvalue weighted by Gasteiger charge is 2.18. The zero-order valence-corrected chi connectivity index (χ0v) is 12.1. The number of halogens is 2. The van der Waals surface area contributed by atoms with Crippen molar-refractivity contribution < 1.29 is 27.1 Å². The molecule has 116 valence electrons. The lowest BCUT2D eigenvalue weighted by molar-refractivity contribution is 0.0696. The number of anilines is 1. The van der Waals surface area contributed by atoms with Crippen molar-refractivity contribution in [1.29, 1.82) is 0 Å². The molecule has 0 radical (unpaired) electrons. The molecular formula is C14H11F2NO4S. The van der Waals surface area contributed by atoms with Gasteiger partial charge >= 0.3 is 5.97 Å².